The van der Waals surface area contributed by atoms with Crippen LogP contribution in [0.1, 0.15) is 9.67 Å². The van der Waals surface area contributed by atoms with Crippen LogP contribution in [0.4, 0.5) is 5.13 Å². The number of ether oxygens (including phenoxy) is 3. The van der Waals surface area contributed by atoms with Gasteiger partial charge in [0, 0.05) is 21.7 Å². The molecule has 1 amide bonds. The number of hydrogen-bond donors (Lipinski definition) is 1. The topological polar surface area (TPSA) is 69.7 Å². The number of thiazole rings is 1. The number of nitrogens with one attached hydrogen (secondary N) is 1. The Balaban J connectivity index is 1.35. The van der Waals surface area contributed by atoms with E-state index in [4.69, 9.17) is 14.2 Å². The number of nitrogens with zero attached hydrogens (tertiary/aromatic N) is 1. The summed E-state index contributed by atoms with van der Waals surface area (Å²) in [6, 6.07) is 13.4. The SMILES string of the molecule is COc1ccc(-c2csc(NC(=O)c3cc4cc5c(cc4s3)OCCO5)n2)cc1. The molecule has 0 radical (unpaired) electrons. The zero-order valence-electron chi connectivity index (χ0n) is 15.4. The van der Waals surface area contributed by atoms with Crippen molar-refractivity contribution in [2.75, 3.05) is 25.6 Å². The lowest BCUT2D eigenvalue weighted by Crippen LogP contribution is -2.14. The van der Waals surface area contributed by atoms with Crippen LogP contribution in [0.2, 0.25) is 0 Å². The molecule has 4 aromatic rings. The zero-order chi connectivity index (χ0) is 19.8. The average molecular weight is 425 g/mol. The fourth-order valence-corrected chi connectivity index (χ4v) is 4.76. The first-order chi connectivity index (χ1) is 14.2. The third-order valence-electron chi connectivity index (χ3n) is 4.52. The molecule has 6 nitrogen and oxygen atoms in total. The van der Waals surface area contributed by atoms with Gasteiger partial charge in [0.25, 0.3) is 5.91 Å². The van der Waals surface area contributed by atoms with Gasteiger partial charge in [0.1, 0.15) is 19.0 Å². The summed E-state index contributed by atoms with van der Waals surface area (Å²) in [5.74, 6) is 2.06. The van der Waals surface area contributed by atoms with Gasteiger partial charge in [-0.25, -0.2) is 4.98 Å². The van der Waals surface area contributed by atoms with Crippen LogP contribution in [0.25, 0.3) is 21.3 Å². The van der Waals surface area contributed by atoms with Crippen LogP contribution in [-0.2, 0) is 0 Å². The standard InChI is InChI=1S/C21H16N2O4S2/c1-25-14-4-2-12(3-5-14)15-11-28-21(22-15)23-20(24)19-9-13-8-16-17(10-18(13)29-19)27-7-6-26-16/h2-5,8-11H,6-7H2,1H3,(H,22,23,24). The number of methoxy groups -OCH3 is 1. The summed E-state index contributed by atoms with van der Waals surface area (Å²) in [6.07, 6.45) is 0. The van der Waals surface area contributed by atoms with Gasteiger partial charge >= 0.3 is 0 Å². The number of aromatic nitrogens is 1. The minimum Gasteiger partial charge on any atom is -0.497 e. The number of carbonyl (C=O) groups excluding carboxylic acids is 1. The van der Waals surface area contributed by atoms with E-state index in [1.165, 1.54) is 22.7 Å². The Morgan fingerprint density at radius 3 is 2.62 bits per heavy atom. The molecule has 2 aromatic carbocycles. The summed E-state index contributed by atoms with van der Waals surface area (Å²) in [7, 11) is 1.63. The van der Waals surface area contributed by atoms with E-state index < -0.39 is 0 Å². The van der Waals surface area contributed by atoms with Crippen LogP contribution in [0, 0.1) is 0 Å². The van der Waals surface area contributed by atoms with Gasteiger partial charge < -0.3 is 14.2 Å². The fourth-order valence-electron chi connectivity index (χ4n) is 3.07. The van der Waals surface area contributed by atoms with Crippen molar-refractivity contribution in [3.63, 3.8) is 0 Å². The molecule has 1 N–H and O–H groups in total. The van der Waals surface area contributed by atoms with Crippen LogP contribution in [0.5, 0.6) is 17.2 Å². The molecule has 0 aliphatic carbocycles. The summed E-state index contributed by atoms with van der Waals surface area (Å²) in [4.78, 5) is 17.9. The zero-order valence-corrected chi connectivity index (χ0v) is 17.1. The van der Waals surface area contributed by atoms with Crippen molar-refractivity contribution >= 4 is 43.8 Å². The number of thiophene rings is 1. The Morgan fingerprint density at radius 2 is 1.86 bits per heavy atom. The van der Waals surface area contributed by atoms with Crippen LogP contribution >= 0.6 is 22.7 Å². The number of hydrogen-bond acceptors (Lipinski definition) is 7. The highest BCUT2D eigenvalue weighted by atomic mass is 32.1. The van der Waals surface area contributed by atoms with E-state index in [1.807, 2.05) is 47.8 Å². The second kappa shape index (κ2) is 7.38. The molecule has 5 rings (SSSR count). The third-order valence-corrected chi connectivity index (χ3v) is 6.37. The molecule has 146 valence electrons. The smallest absolute Gasteiger partial charge is 0.267 e. The number of carbonyl (C=O) groups is 1. The fraction of sp³-hybridized carbons (Fsp3) is 0.143. The highest BCUT2D eigenvalue weighted by molar-refractivity contribution is 7.21. The van der Waals surface area contributed by atoms with Gasteiger partial charge in [-0.15, -0.1) is 22.7 Å². The first kappa shape index (κ1) is 18.0. The molecule has 0 spiro atoms. The van der Waals surface area contributed by atoms with Crippen LogP contribution in [-0.4, -0.2) is 31.2 Å². The molecule has 0 atom stereocenters. The van der Waals surface area contributed by atoms with E-state index in [9.17, 15) is 4.79 Å². The predicted molar refractivity (Wildman–Crippen MR) is 115 cm³/mol. The minimum absolute atomic E-state index is 0.179. The van der Waals surface area contributed by atoms with Crippen molar-refractivity contribution in [3.8, 4) is 28.5 Å². The second-order valence-electron chi connectivity index (χ2n) is 6.36. The van der Waals surface area contributed by atoms with E-state index in [2.05, 4.69) is 10.3 Å². The molecule has 3 heterocycles. The van der Waals surface area contributed by atoms with E-state index in [-0.39, 0.29) is 5.91 Å². The van der Waals surface area contributed by atoms with Crippen molar-refractivity contribution in [3.05, 3.63) is 52.7 Å². The highest BCUT2D eigenvalue weighted by Gasteiger charge is 2.17. The quantitative estimate of drug-likeness (QED) is 0.496. The molecule has 0 fully saturated rings. The first-order valence-corrected chi connectivity index (χ1v) is 10.6. The second-order valence-corrected chi connectivity index (χ2v) is 8.31. The number of fused-ring (bicyclic) bond motifs is 2. The average Bonchev–Trinajstić information content (AvgIpc) is 3.39. The molecule has 0 saturated heterocycles. The van der Waals surface area contributed by atoms with Gasteiger partial charge in [-0.3, -0.25) is 10.1 Å². The van der Waals surface area contributed by atoms with Gasteiger partial charge in [-0.2, -0.15) is 0 Å². The monoisotopic (exact) mass is 424 g/mol. The maximum absolute atomic E-state index is 12.7. The molecule has 0 unspecified atom stereocenters. The summed E-state index contributed by atoms with van der Waals surface area (Å²) >= 11 is 2.82. The maximum atomic E-state index is 12.7. The first-order valence-electron chi connectivity index (χ1n) is 8.94. The van der Waals surface area contributed by atoms with Gasteiger partial charge in [0.05, 0.1) is 17.7 Å². The van der Waals surface area contributed by atoms with E-state index in [0.717, 1.165) is 38.6 Å². The van der Waals surface area contributed by atoms with Gasteiger partial charge in [-0.05, 0) is 41.8 Å². The van der Waals surface area contributed by atoms with Crippen molar-refractivity contribution < 1.29 is 19.0 Å². The lowest BCUT2D eigenvalue weighted by molar-refractivity contribution is 0.103. The lowest BCUT2D eigenvalue weighted by Gasteiger charge is -2.17. The summed E-state index contributed by atoms with van der Waals surface area (Å²) < 4.78 is 17.4. The van der Waals surface area contributed by atoms with Crippen LogP contribution < -0.4 is 19.5 Å². The van der Waals surface area contributed by atoms with Gasteiger partial charge in [0.2, 0.25) is 0 Å². The van der Waals surface area contributed by atoms with Crippen molar-refractivity contribution in [1.29, 1.82) is 0 Å². The van der Waals surface area contributed by atoms with Crippen molar-refractivity contribution in [2.45, 2.75) is 0 Å². The Morgan fingerprint density at radius 1 is 1.10 bits per heavy atom. The van der Waals surface area contributed by atoms with Gasteiger partial charge in [0.15, 0.2) is 16.6 Å². The largest absolute Gasteiger partial charge is 0.497 e. The van der Waals surface area contributed by atoms with E-state index >= 15 is 0 Å². The van der Waals surface area contributed by atoms with Crippen molar-refractivity contribution in [1.82, 2.24) is 4.98 Å². The predicted octanol–water partition coefficient (Wildman–Crippen LogP) is 5.06. The Kier molecular flexibility index (Phi) is 4.57. The van der Waals surface area contributed by atoms with E-state index in [0.29, 0.717) is 23.2 Å². The number of amides is 1. The summed E-state index contributed by atoms with van der Waals surface area (Å²) in [6.45, 7) is 1.08. The number of benzene rings is 2. The normalized spacial score (nSPS) is 12.7. The highest BCUT2D eigenvalue weighted by Crippen LogP contribution is 2.38. The molecule has 1 aliphatic heterocycles. The number of anilines is 1. The maximum Gasteiger partial charge on any atom is 0.267 e. The lowest BCUT2D eigenvalue weighted by atomic mass is 10.2. The number of rotatable bonds is 4. The third kappa shape index (κ3) is 3.52. The minimum atomic E-state index is -0.179. The van der Waals surface area contributed by atoms with Gasteiger partial charge in [-0.1, -0.05) is 0 Å². The molecule has 1 aliphatic rings. The van der Waals surface area contributed by atoms with E-state index in [1.54, 1.807) is 7.11 Å². The molecule has 0 saturated carbocycles. The Labute approximate surface area is 174 Å². The molecule has 0 bridgehead atoms. The van der Waals surface area contributed by atoms with Crippen molar-refractivity contribution in [2.24, 2.45) is 0 Å². The van der Waals surface area contributed by atoms with Crippen LogP contribution in [0.3, 0.4) is 0 Å². The molecular weight excluding hydrogens is 408 g/mol. The molecular formula is C21H16N2O4S2. The summed E-state index contributed by atoms with van der Waals surface area (Å²) in [5.41, 5.74) is 1.78. The molecule has 29 heavy (non-hydrogen) atoms. The molecule has 2 aromatic heterocycles. The Hall–Kier alpha value is -3.10. The summed E-state index contributed by atoms with van der Waals surface area (Å²) in [5, 5.41) is 6.33. The Bertz CT molecular complexity index is 1150. The van der Waals surface area contributed by atoms with Crippen LogP contribution in [0.15, 0.2) is 47.8 Å². The molecule has 8 heteroatoms.